The van der Waals surface area contributed by atoms with Gasteiger partial charge in [0.2, 0.25) is 5.91 Å². The Morgan fingerprint density at radius 1 is 0.418 bits per heavy atom. The zero-order chi connectivity index (χ0) is 40.5. The van der Waals surface area contributed by atoms with Crippen molar-refractivity contribution >= 4 is 16.0 Å². The van der Waals surface area contributed by atoms with Crippen molar-refractivity contribution in [1.29, 1.82) is 0 Å². The second-order valence-electron chi connectivity index (χ2n) is 17.3. The molecule has 0 heterocycles. The smallest absolute Gasteiger partial charge is 0.266 e. The molecule has 8 heteroatoms. The van der Waals surface area contributed by atoms with Gasteiger partial charge in [-0.05, 0) is 12.8 Å². The van der Waals surface area contributed by atoms with Crippen LogP contribution in [0.25, 0.3) is 0 Å². The van der Waals surface area contributed by atoms with Crippen LogP contribution in [-0.4, -0.2) is 53.1 Å². The van der Waals surface area contributed by atoms with Gasteiger partial charge in [0.15, 0.2) is 0 Å². The lowest BCUT2D eigenvalue weighted by molar-refractivity contribution is -0.131. The fraction of sp³-hybridized carbons (Fsp3) is 0.979. The monoisotopic (exact) mass is 802 g/mol. The lowest BCUT2D eigenvalue weighted by atomic mass is 10.0. The maximum atomic E-state index is 12.7. The third kappa shape index (κ3) is 41.3. The normalized spacial score (nSPS) is 13.6. The van der Waals surface area contributed by atoms with Crippen LogP contribution in [0.15, 0.2) is 0 Å². The average Bonchev–Trinajstić information content (AvgIpc) is 3.15. The summed E-state index contributed by atoms with van der Waals surface area (Å²) in [6.45, 7) is 4.55. The number of carbonyl (C=O) groups excluding carboxylic acids is 1. The number of aliphatic hydroxyl groups excluding tert-OH is 2. The van der Waals surface area contributed by atoms with Crippen molar-refractivity contribution in [3.05, 3.63) is 0 Å². The van der Waals surface area contributed by atoms with Gasteiger partial charge in [-0.2, -0.15) is 8.42 Å². The summed E-state index contributed by atoms with van der Waals surface area (Å²) in [7, 11) is -4.41. The molecule has 0 bridgehead atoms. The molecule has 330 valence electrons. The van der Waals surface area contributed by atoms with Crippen LogP contribution in [0.3, 0.4) is 0 Å². The van der Waals surface area contributed by atoms with E-state index in [1.165, 1.54) is 199 Å². The lowest BCUT2D eigenvalue weighted by Crippen LogP contribution is -2.50. The van der Waals surface area contributed by atoms with Crippen molar-refractivity contribution < 1.29 is 28.0 Å². The van der Waals surface area contributed by atoms with E-state index in [4.69, 9.17) is 0 Å². The van der Waals surface area contributed by atoms with Crippen molar-refractivity contribution in [2.75, 3.05) is 5.75 Å². The Balaban J connectivity index is 3.84. The second kappa shape index (κ2) is 41.5. The van der Waals surface area contributed by atoms with Crippen molar-refractivity contribution in [1.82, 2.24) is 5.32 Å². The Morgan fingerprint density at radius 3 is 0.909 bits per heavy atom. The highest BCUT2D eigenvalue weighted by molar-refractivity contribution is 7.85. The largest absolute Gasteiger partial charge is 0.391 e. The molecule has 3 unspecified atom stereocenters. The Kier molecular flexibility index (Phi) is 40.9. The average molecular weight is 802 g/mol. The molecule has 0 aliphatic carbocycles. The first-order valence-electron chi connectivity index (χ1n) is 24.3. The molecule has 0 aromatic heterocycles. The molecule has 55 heavy (non-hydrogen) atoms. The summed E-state index contributed by atoms with van der Waals surface area (Å²) >= 11 is 0. The van der Waals surface area contributed by atoms with Crippen LogP contribution in [0, 0.1) is 0 Å². The molecular formula is C47H95NO6S. The predicted octanol–water partition coefficient (Wildman–Crippen LogP) is 13.7. The van der Waals surface area contributed by atoms with Crippen molar-refractivity contribution in [2.24, 2.45) is 0 Å². The zero-order valence-electron chi connectivity index (χ0n) is 36.7. The fourth-order valence-corrected chi connectivity index (χ4v) is 8.69. The van der Waals surface area contributed by atoms with Crippen LogP contribution < -0.4 is 5.32 Å². The summed E-state index contributed by atoms with van der Waals surface area (Å²) in [6.07, 6.45) is 47.0. The molecule has 0 radical (unpaired) electrons. The van der Waals surface area contributed by atoms with Gasteiger partial charge in [-0.15, -0.1) is 0 Å². The summed E-state index contributed by atoms with van der Waals surface area (Å²) in [5.74, 6) is -1.44. The highest BCUT2D eigenvalue weighted by Crippen LogP contribution is 2.18. The van der Waals surface area contributed by atoms with E-state index >= 15 is 0 Å². The topological polar surface area (TPSA) is 124 Å². The van der Waals surface area contributed by atoms with Crippen LogP contribution in [0.5, 0.6) is 0 Å². The highest BCUT2D eigenvalue weighted by atomic mass is 32.2. The number of carbonyl (C=O) groups is 1. The van der Waals surface area contributed by atoms with E-state index < -0.39 is 40.0 Å². The predicted molar refractivity (Wildman–Crippen MR) is 236 cm³/mol. The van der Waals surface area contributed by atoms with Gasteiger partial charge in [0.1, 0.15) is 6.10 Å². The molecule has 4 N–H and O–H groups in total. The lowest BCUT2D eigenvalue weighted by Gasteiger charge is -2.24. The standard InChI is InChI=1S/C47H95NO6S/c1-3-5-7-9-11-13-15-17-19-21-23-25-27-29-31-33-35-37-39-41-45(49)44(43-55(52,53)54)48-47(51)46(50)42-40-38-36-34-32-30-28-26-24-22-20-18-16-14-12-10-8-6-4-2/h44-46,49-50H,3-43H2,1-2H3,(H,48,51)(H,52,53,54). The van der Waals surface area contributed by atoms with Crippen molar-refractivity contribution in [3.63, 3.8) is 0 Å². The van der Waals surface area contributed by atoms with Gasteiger partial charge in [0, 0.05) is 0 Å². The number of unbranched alkanes of at least 4 members (excludes halogenated alkanes) is 36. The maximum absolute atomic E-state index is 12.7. The minimum atomic E-state index is -4.41. The van der Waals surface area contributed by atoms with Gasteiger partial charge in [0.25, 0.3) is 10.1 Å². The number of nitrogens with one attached hydrogen (secondary N) is 1. The fourth-order valence-electron chi connectivity index (χ4n) is 7.94. The van der Waals surface area contributed by atoms with Gasteiger partial charge in [-0.1, -0.05) is 258 Å². The van der Waals surface area contributed by atoms with E-state index in [1.54, 1.807) is 0 Å². The summed E-state index contributed by atoms with van der Waals surface area (Å²) in [6, 6.07) is -1.14. The minimum absolute atomic E-state index is 0.304. The SMILES string of the molecule is CCCCCCCCCCCCCCCCCCCCCC(O)C(=O)NC(CS(=O)(=O)O)C(O)CCCCCCCCCCCCCCCCCCCCC. The first-order valence-corrected chi connectivity index (χ1v) is 25.9. The Morgan fingerprint density at radius 2 is 0.655 bits per heavy atom. The third-order valence-corrected chi connectivity index (χ3v) is 12.4. The molecule has 0 spiro atoms. The molecule has 3 atom stereocenters. The second-order valence-corrected chi connectivity index (χ2v) is 18.7. The van der Waals surface area contributed by atoms with Gasteiger partial charge in [-0.25, -0.2) is 0 Å². The highest BCUT2D eigenvalue weighted by Gasteiger charge is 2.28. The number of hydrogen-bond acceptors (Lipinski definition) is 5. The summed E-state index contributed by atoms with van der Waals surface area (Å²) in [5, 5.41) is 23.7. The number of amides is 1. The van der Waals surface area contributed by atoms with Crippen molar-refractivity contribution in [3.8, 4) is 0 Å². The molecule has 0 saturated heterocycles. The Labute approximate surface area is 342 Å². The van der Waals surface area contributed by atoms with E-state index in [1.807, 2.05) is 0 Å². The van der Waals surface area contributed by atoms with Crippen LogP contribution in [0.2, 0.25) is 0 Å². The van der Waals surface area contributed by atoms with E-state index in [9.17, 15) is 28.0 Å². The van der Waals surface area contributed by atoms with E-state index in [2.05, 4.69) is 19.2 Å². The first kappa shape index (κ1) is 54.3. The van der Waals surface area contributed by atoms with Crippen LogP contribution in [0.1, 0.15) is 271 Å². The molecule has 0 aliphatic heterocycles. The van der Waals surface area contributed by atoms with Crippen molar-refractivity contribution in [2.45, 2.75) is 289 Å². The molecular weight excluding hydrogens is 707 g/mol. The molecule has 7 nitrogen and oxygen atoms in total. The zero-order valence-corrected chi connectivity index (χ0v) is 37.5. The van der Waals surface area contributed by atoms with Gasteiger partial charge >= 0.3 is 0 Å². The van der Waals surface area contributed by atoms with E-state index in [0.717, 1.165) is 44.9 Å². The Hall–Kier alpha value is -0.700. The summed E-state index contributed by atoms with van der Waals surface area (Å²) < 4.78 is 32.7. The minimum Gasteiger partial charge on any atom is -0.391 e. The number of hydrogen-bond donors (Lipinski definition) is 4. The molecule has 0 rings (SSSR count). The maximum Gasteiger partial charge on any atom is 0.266 e. The van der Waals surface area contributed by atoms with Gasteiger partial charge in [-0.3, -0.25) is 9.35 Å². The quantitative estimate of drug-likeness (QED) is 0.0359. The molecule has 0 saturated carbocycles. The van der Waals surface area contributed by atoms with Gasteiger partial charge < -0.3 is 15.5 Å². The first-order chi connectivity index (χ1) is 26.7. The van der Waals surface area contributed by atoms with Crippen LogP contribution in [-0.2, 0) is 14.9 Å². The molecule has 0 aromatic carbocycles. The molecule has 0 fully saturated rings. The molecule has 1 amide bonds. The summed E-state index contributed by atoms with van der Waals surface area (Å²) in [5.41, 5.74) is 0. The Bertz CT molecular complexity index is 900. The third-order valence-electron chi connectivity index (χ3n) is 11.7. The summed E-state index contributed by atoms with van der Waals surface area (Å²) in [4.78, 5) is 12.7. The number of rotatable bonds is 45. The van der Waals surface area contributed by atoms with Gasteiger partial charge in [0.05, 0.1) is 17.9 Å². The van der Waals surface area contributed by atoms with E-state index in [0.29, 0.717) is 12.8 Å². The van der Waals surface area contributed by atoms with E-state index in [-0.39, 0.29) is 0 Å². The number of aliphatic hydroxyl groups is 2. The molecule has 0 aromatic rings. The van der Waals surface area contributed by atoms with Crippen LogP contribution >= 0.6 is 0 Å². The molecule has 0 aliphatic rings. The van der Waals surface area contributed by atoms with Crippen LogP contribution in [0.4, 0.5) is 0 Å².